The van der Waals surface area contributed by atoms with Gasteiger partial charge in [-0.1, -0.05) is 42.8 Å². The van der Waals surface area contributed by atoms with Gasteiger partial charge in [0.2, 0.25) is 5.95 Å². The quantitative estimate of drug-likeness (QED) is 0.506. The molecule has 0 radical (unpaired) electrons. The third-order valence-electron chi connectivity index (χ3n) is 6.49. The summed E-state index contributed by atoms with van der Waals surface area (Å²) in [6, 6.07) is 13.7. The van der Waals surface area contributed by atoms with Gasteiger partial charge in [0.1, 0.15) is 5.54 Å². The number of carbonyl (C=O) groups excluding carboxylic acids is 1. The van der Waals surface area contributed by atoms with E-state index in [0.29, 0.717) is 47.5 Å². The van der Waals surface area contributed by atoms with Gasteiger partial charge in [0.15, 0.2) is 5.03 Å². The van der Waals surface area contributed by atoms with Crippen molar-refractivity contribution >= 4 is 50.8 Å². The second-order valence-corrected chi connectivity index (χ2v) is 11.7. The Labute approximate surface area is 226 Å². The van der Waals surface area contributed by atoms with E-state index >= 15 is 0 Å². The van der Waals surface area contributed by atoms with Gasteiger partial charge >= 0.3 is 0 Å². The number of nitriles is 1. The zero-order valence-corrected chi connectivity index (χ0v) is 21.6. The molecule has 1 aromatic heterocycles. The molecule has 0 bridgehead atoms. The third-order valence-corrected chi connectivity index (χ3v) is 8.78. The molecular weight excluding hydrogens is 535 g/mol. The van der Waals surface area contributed by atoms with E-state index in [-0.39, 0.29) is 30.7 Å². The number of hydrogen-bond acceptors (Lipinski definition) is 6. The van der Waals surface area contributed by atoms with Gasteiger partial charge < -0.3 is 5.32 Å². The zero-order valence-electron chi connectivity index (χ0n) is 19.3. The van der Waals surface area contributed by atoms with Crippen molar-refractivity contribution in [1.82, 2.24) is 19.2 Å². The van der Waals surface area contributed by atoms with E-state index in [4.69, 9.17) is 28.5 Å². The molecule has 2 aliphatic rings. The van der Waals surface area contributed by atoms with E-state index in [1.54, 1.807) is 49.4 Å². The first-order valence-corrected chi connectivity index (χ1v) is 13.4. The van der Waals surface area contributed by atoms with E-state index in [1.807, 2.05) is 0 Å². The van der Waals surface area contributed by atoms with E-state index in [1.165, 1.54) is 20.0 Å². The van der Waals surface area contributed by atoms with Crippen molar-refractivity contribution < 1.29 is 13.2 Å². The maximum Gasteiger partial charge on any atom is 0.260 e. The number of rotatable bonds is 5. The van der Waals surface area contributed by atoms with Crippen molar-refractivity contribution in [2.75, 3.05) is 31.1 Å². The highest BCUT2D eigenvalue weighted by Gasteiger charge is 2.52. The highest BCUT2D eigenvalue weighted by atomic mass is 35.5. The topological polar surface area (TPSA) is 111 Å². The molecule has 37 heavy (non-hydrogen) atoms. The number of nitrogens with one attached hydrogen (secondary N) is 1. The molecule has 0 aliphatic carbocycles. The number of fused-ring (bicyclic) bond motifs is 1. The smallest absolute Gasteiger partial charge is 0.260 e. The Hall–Kier alpha value is -2.94. The number of imidazole rings is 1. The number of nitrogens with zero attached hydrogens (tertiary/aromatic N) is 5. The molecule has 9 nitrogen and oxygen atoms in total. The van der Waals surface area contributed by atoms with Crippen LogP contribution in [0.4, 0.5) is 11.6 Å². The summed E-state index contributed by atoms with van der Waals surface area (Å²) in [5.74, 6) is -0.201. The molecule has 1 saturated heterocycles. The Morgan fingerprint density at radius 3 is 2.32 bits per heavy atom. The summed E-state index contributed by atoms with van der Waals surface area (Å²) in [5.41, 5.74) is 0.313. The van der Waals surface area contributed by atoms with E-state index < -0.39 is 15.6 Å². The molecule has 5 rings (SSSR count). The molecule has 194 valence electrons. The van der Waals surface area contributed by atoms with Crippen molar-refractivity contribution in [3.05, 3.63) is 69.8 Å². The summed E-state index contributed by atoms with van der Waals surface area (Å²) < 4.78 is 30.3. The molecule has 2 aliphatic heterocycles. The Morgan fingerprint density at radius 2 is 1.73 bits per heavy atom. The molecule has 0 unspecified atom stereocenters. The molecular formula is C25H26Cl2N6O3S. The van der Waals surface area contributed by atoms with Crippen LogP contribution >= 0.6 is 23.2 Å². The van der Waals surface area contributed by atoms with E-state index in [0.717, 1.165) is 5.56 Å². The molecule has 3 heterocycles. The number of aromatic nitrogens is 2. The van der Waals surface area contributed by atoms with Gasteiger partial charge in [0.05, 0.1) is 23.5 Å². The van der Waals surface area contributed by atoms with Gasteiger partial charge in [0.25, 0.3) is 15.9 Å². The molecule has 0 saturated carbocycles. The summed E-state index contributed by atoms with van der Waals surface area (Å²) >= 11 is 12.5. The Kier molecular flexibility index (Phi) is 7.38. The summed E-state index contributed by atoms with van der Waals surface area (Å²) in [5, 5.41) is 12.9. The average molecular weight is 561 g/mol. The van der Waals surface area contributed by atoms with Crippen molar-refractivity contribution in [2.45, 2.75) is 31.3 Å². The van der Waals surface area contributed by atoms with Crippen LogP contribution in [0.1, 0.15) is 25.5 Å². The molecule has 1 amide bonds. The number of carbonyl (C=O) groups is 1. The van der Waals surface area contributed by atoms with Crippen molar-refractivity contribution in [2.24, 2.45) is 0 Å². The number of anilines is 2. The van der Waals surface area contributed by atoms with Crippen LogP contribution in [-0.2, 0) is 26.8 Å². The molecule has 0 spiro atoms. The lowest BCUT2D eigenvalue weighted by atomic mass is 9.91. The fraction of sp³-hybridized carbons (Fsp3) is 0.320. The third kappa shape index (κ3) is 4.62. The SMILES string of the molecule is C.C[C@@]1(Cc2ccc(C#N)cc2)C(=O)N(c2cc(Cl)cc(Cl)c2)c2ncc(S(=O)(=O)N3CCNCC3)n21. The van der Waals surface area contributed by atoms with Gasteiger partial charge in [-0.15, -0.1) is 0 Å². The fourth-order valence-electron chi connectivity index (χ4n) is 4.73. The lowest BCUT2D eigenvalue weighted by molar-refractivity contribution is -0.124. The normalized spacial score (nSPS) is 19.8. The molecule has 1 atom stereocenters. The maximum atomic E-state index is 14.1. The fourth-order valence-corrected chi connectivity index (χ4v) is 6.87. The number of hydrogen-bond donors (Lipinski definition) is 1. The Bertz CT molecular complexity index is 1470. The standard InChI is InChI=1S/C24H22Cl2N6O3S.CH4/c1-24(13-16-2-4-17(14-27)5-3-16)22(33)31(20-11-18(25)10-19(26)12-20)23-29-15-21(32(23)24)36(34,35)30-8-6-28-7-9-30;/h2-5,10-12,15,28H,6-9,13H2,1H3;1H4/t24-;/m1./s1. The van der Waals surface area contributed by atoms with Crippen LogP contribution in [0.3, 0.4) is 0 Å². The van der Waals surface area contributed by atoms with Crippen LogP contribution < -0.4 is 10.2 Å². The van der Waals surface area contributed by atoms with Crippen molar-refractivity contribution in [3.8, 4) is 6.07 Å². The minimum absolute atomic E-state index is 0. The van der Waals surface area contributed by atoms with Crippen LogP contribution in [0.2, 0.25) is 10.0 Å². The summed E-state index contributed by atoms with van der Waals surface area (Å²) in [7, 11) is -3.94. The van der Waals surface area contributed by atoms with Gasteiger partial charge in [0, 0.05) is 42.6 Å². The van der Waals surface area contributed by atoms with Gasteiger partial charge in [-0.3, -0.25) is 9.36 Å². The van der Waals surface area contributed by atoms with Crippen LogP contribution in [0.25, 0.3) is 0 Å². The van der Waals surface area contributed by atoms with Crippen LogP contribution in [0.5, 0.6) is 0 Å². The van der Waals surface area contributed by atoms with Crippen LogP contribution in [-0.4, -0.2) is 54.4 Å². The summed E-state index contributed by atoms with van der Waals surface area (Å²) in [6.45, 7) is 3.40. The van der Waals surface area contributed by atoms with Crippen LogP contribution in [0, 0.1) is 11.3 Å². The highest BCUT2D eigenvalue weighted by molar-refractivity contribution is 7.89. The average Bonchev–Trinajstić information content (AvgIpc) is 3.38. The van der Waals surface area contributed by atoms with Gasteiger partial charge in [-0.2, -0.15) is 9.57 Å². The largest absolute Gasteiger partial charge is 0.314 e. The minimum atomic E-state index is -3.94. The molecule has 2 aromatic carbocycles. The van der Waals surface area contributed by atoms with Crippen LogP contribution in [0.15, 0.2) is 53.7 Å². The highest BCUT2D eigenvalue weighted by Crippen LogP contribution is 2.44. The zero-order chi connectivity index (χ0) is 25.7. The minimum Gasteiger partial charge on any atom is -0.314 e. The number of sulfonamides is 1. The Balaban J connectivity index is 0.00000320. The predicted octanol–water partition coefficient (Wildman–Crippen LogP) is 3.93. The number of halogens is 2. The number of benzene rings is 2. The first kappa shape index (κ1) is 27.1. The van der Waals surface area contributed by atoms with E-state index in [9.17, 15) is 13.2 Å². The van der Waals surface area contributed by atoms with Gasteiger partial charge in [-0.05, 0) is 42.8 Å². The second-order valence-electron chi connectivity index (χ2n) is 8.91. The van der Waals surface area contributed by atoms with Gasteiger partial charge in [-0.25, -0.2) is 18.3 Å². The maximum absolute atomic E-state index is 14.1. The summed E-state index contributed by atoms with van der Waals surface area (Å²) in [6.07, 6.45) is 1.48. The molecule has 12 heteroatoms. The Morgan fingerprint density at radius 1 is 1.11 bits per heavy atom. The lowest BCUT2D eigenvalue weighted by Gasteiger charge is -2.30. The predicted molar refractivity (Wildman–Crippen MR) is 143 cm³/mol. The monoisotopic (exact) mass is 560 g/mol. The number of amides is 1. The molecule has 1 N–H and O–H groups in total. The second kappa shape index (κ2) is 10.1. The first-order valence-electron chi connectivity index (χ1n) is 11.2. The van der Waals surface area contributed by atoms with Crippen molar-refractivity contribution in [1.29, 1.82) is 5.26 Å². The lowest BCUT2D eigenvalue weighted by Crippen LogP contribution is -2.48. The molecule has 1 fully saturated rings. The molecule has 3 aromatic rings. The van der Waals surface area contributed by atoms with E-state index in [2.05, 4.69) is 16.4 Å². The van der Waals surface area contributed by atoms with Crippen molar-refractivity contribution in [3.63, 3.8) is 0 Å². The summed E-state index contributed by atoms with van der Waals surface area (Å²) in [4.78, 5) is 19.8. The first-order chi connectivity index (χ1) is 17.1. The number of piperazine rings is 1.